The molecule has 2 heteroatoms. The summed E-state index contributed by atoms with van der Waals surface area (Å²) in [5.41, 5.74) is 4.90. The van der Waals surface area contributed by atoms with Gasteiger partial charge in [0.25, 0.3) is 0 Å². The third-order valence-electron chi connectivity index (χ3n) is 2.83. The van der Waals surface area contributed by atoms with E-state index < -0.39 is 0 Å². The Balaban J connectivity index is 2.44. The SMILES string of the molecule is Cc1cc(C)cc(-n2ccc(C(C)(C)C)n2)c1. The molecular weight excluding hydrogens is 208 g/mol. The summed E-state index contributed by atoms with van der Waals surface area (Å²) in [7, 11) is 0. The van der Waals surface area contributed by atoms with Crippen molar-refractivity contribution in [2.75, 3.05) is 0 Å². The Hall–Kier alpha value is -1.57. The maximum Gasteiger partial charge on any atom is 0.0682 e. The van der Waals surface area contributed by atoms with Crippen molar-refractivity contribution in [3.63, 3.8) is 0 Å². The fraction of sp³-hybridized carbons (Fsp3) is 0.400. The molecule has 0 radical (unpaired) electrons. The quantitative estimate of drug-likeness (QED) is 0.726. The molecule has 1 aromatic carbocycles. The summed E-state index contributed by atoms with van der Waals surface area (Å²) < 4.78 is 1.96. The van der Waals surface area contributed by atoms with Gasteiger partial charge >= 0.3 is 0 Å². The third-order valence-corrected chi connectivity index (χ3v) is 2.83. The molecule has 90 valence electrons. The Bertz CT molecular complexity index is 510. The topological polar surface area (TPSA) is 17.8 Å². The summed E-state index contributed by atoms with van der Waals surface area (Å²) in [6.07, 6.45) is 2.04. The van der Waals surface area contributed by atoms with E-state index in [0.29, 0.717) is 0 Å². The summed E-state index contributed by atoms with van der Waals surface area (Å²) in [5, 5.41) is 4.65. The normalized spacial score (nSPS) is 11.8. The predicted molar refractivity (Wildman–Crippen MR) is 71.7 cm³/mol. The molecule has 2 nitrogen and oxygen atoms in total. The summed E-state index contributed by atoms with van der Waals surface area (Å²) in [6.45, 7) is 10.8. The van der Waals surface area contributed by atoms with Crippen molar-refractivity contribution < 1.29 is 0 Å². The molecule has 0 fully saturated rings. The van der Waals surface area contributed by atoms with Crippen molar-refractivity contribution in [1.29, 1.82) is 0 Å². The molecule has 0 aliphatic rings. The van der Waals surface area contributed by atoms with Crippen molar-refractivity contribution >= 4 is 0 Å². The molecule has 0 saturated heterocycles. The van der Waals surface area contributed by atoms with E-state index in [4.69, 9.17) is 0 Å². The van der Waals surface area contributed by atoms with Gasteiger partial charge in [-0.05, 0) is 43.2 Å². The summed E-state index contributed by atoms with van der Waals surface area (Å²) >= 11 is 0. The van der Waals surface area contributed by atoms with E-state index in [9.17, 15) is 0 Å². The van der Waals surface area contributed by atoms with Gasteiger partial charge < -0.3 is 0 Å². The molecule has 0 atom stereocenters. The van der Waals surface area contributed by atoms with Gasteiger partial charge in [0.1, 0.15) is 0 Å². The monoisotopic (exact) mass is 228 g/mol. The minimum Gasteiger partial charge on any atom is -0.241 e. The number of aromatic nitrogens is 2. The Morgan fingerprint density at radius 3 is 2.06 bits per heavy atom. The van der Waals surface area contributed by atoms with Crippen molar-refractivity contribution in [2.24, 2.45) is 0 Å². The van der Waals surface area contributed by atoms with Crippen molar-refractivity contribution in [3.05, 3.63) is 47.3 Å². The van der Waals surface area contributed by atoms with Gasteiger partial charge in [-0.1, -0.05) is 26.8 Å². The van der Waals surface area contributed by atoms with Crippen LogP contribution in [0.5, 0.6) is 0 Å². The van der Waals surface area contributed by atoms with E-state index in [1.807, 2.05) is 10.9 Å². The van der Waals surface area contributed by atoms with Crippen LogP contribution in [0.15, 0.2) is 30.5 Å². The molecule has 0 spiro atoms. The van der Waals surface area contributed by atoms with Crippen LogP contribution in [0.4, 0.5) is 0 Å². The van der Waals surface area contributed by atoms with Crippen molar-refractivity contribution in [3.8, 4) is 5.69 Å². The van der Waals surface area contributed by atoms with Gasteiger partial charge in [0, 0.05) is 11.6 Å². The highest BCUT2D eigenvalue weighted by atomic mass is 15.3. The van der Waals surface area contributed by atoms with E-state index in [0.717, 1.165) is 11.4 Å². The Kier molecular flexibility index (Phi) is 2.82. The van der Waals surface area contributed by atoms with Crippen LogP contribution < -0.4 is 0 Å². The number of benzene rings is 1. The molecule has 0 aliphatic heterocycles. The molecule has 2 rings (SSSR count). The zero-order valence-electron chi connectivity index (χ0n) is 11.3. The van der Waals surface area contributed by atoms with E-state index in [1.165, 1.54) is 11.1 Å². The van der Waals surface area contributed by atoms with Crippen LogP contribution in [0.2, 0.25) is 0 Å². The highest BCUT2D eigenvalue weighted by Crippen LogP contribution is 2.21. The lowest BCUT2D eigenvalue weighted by Crippen LogP contribution is -2.12. The molecule has 0 unspecified atom stereocenters. The maximum absolute atomic E-state index is 4.65. The molecule has 1 aromatic heterocycles. The minimum absolute atomic E-state index is 0.101. The van der Waals surface area contributed by atoms with E-state index in [1.54, 1.807) is 0 Å². The van der Waals surface area contributed by atoms with Crippen LogP contribution >= 0.6 is 0 Å². The summed E-state index contributed by atoms with van der Waals surface area (Å²) in [5.74, 6) is 0. The molecular formula is C15H20N2. The summed E-state index contributed by atoms with van der Waals surface area (Å²) in [4.78, 5) is 0. The Labute approximate surface area is 103 Å². The third kappa shape index (κ3) is 2.57. The molecule has 0 N–H and O–H groups in total. The first-order chi connectivity index (χ1) is 7.86. The van der Waals surface area contributed by atoms with Gasteiger partial charge in [-0.25, -0.2) is 4.68 Å². The highest BCUT2D eigenvalue weighted by molar-refractivity contribution is 5.39. The van der Waals surface area contributed by atoms with E-state index in [-0.39, 0.29) is 5.41 Å². The second-order valence-electron chi connectivity index (χ2n) is 5.74. The first kappa shape index (κ1) is 11.9. The zero-order valence-corrected chi connectivity index (χ0v) is 11.3. The van der Waals surface area contributed by atoms with Gasteiger partial charge in [-0.3, -0.25) is 0 Å². The van der Waals surface area contributed by atoms with E-state index in [2.05, 4.69) is 64.0 Å². The number of nitrogens with zero attached hydrogens (tertiary/aromatic N) is 2. The van der Waals surface area contributed by atoms with Gasteiger partial charge in [-0.15, -0.1) is 0 Å². The Morgan fingerprint density at radius 1 is 1.00 bits per heavy atom. The zero-order chi connectivity index (χ0) is 12.6. The predicted octanol–water partition coefficient (Wildman–Crippen LogP) is 3.79. The number of hydrogen-bond acceptors (Lipinski definition) is 1. The molecule has 0 saturated carbocycles. The van der Waals surface area contributed by atoms with Crippen molar-refractivity contribution in [1.82, 2.24) is 9.78 Å². The van der Waals surface area contributed by atoms with Crippen LogP contribution in [0.1, 0.15) is 37.6 Å². The lowest BCUT2D eigenvalue weighted by molar-refractivity contribution is 0.560. The average Bonchev–Trinajstić information content (AvgIpc) is 2.63. The molecule has 0 bridgehead atoms. The highest BCUT2D eigenvalue weighted by Gasteiger charge is 2.16. The van der Waals surface area contributed by atoms with Gasteiger partial charge in [-0.2, -0.15) is 5.10 Å². The second-order valence-corrected chi connectivity index (χ2v) is 5.74. The van der Waals surface area contributed by atoms with Crippen molar-refractivity contribution in [2.45, 2.75) is 40.0 Å². The standard InChI is InChI=1S/C15H20N2/c1-11-8-12(2)10-13(9-11)17-7-6-14(16-17)15(3,4)5/h6-10H,1-5H3. The fourth-order valence-corrected chi connectivity index (χ4v) is 1.95. The van der Waals surface area contributed by atoms with Gasteiger partial charge in [0.2, 0.25) is 0 Å². The second kappa shape index (κ2) is 4.02. The lowest BCUT2D eigenvalue weighted by Gasteiger charge is -2.14. The van der Waals surface area contributed by atoms with Crippen LogP contribution in [0, 0.1) is 13.8 Å². The van der Waals surface area contributed by atoms with Crippen LogP contribution in [-0.2, 0) is 5.41 Å². The molecule has 2 aromatic rings. The number of hydrogen-bond donors (Lipinski definition) is 0. The van der Waals surface area contributed by atoms with Crippen LogP contribution in [0.25, 0.3) is 5.69 Å². The smallest absolute Gasteiger partial charge is 0.0682 e. The first-order valence-corrected chi connectivity index (χ1v) is 6.01. The van der Waals surface area contributed by atoms with Gasteiger partial charge in [0.05, 0.1) is 11.4 Å². The van der Waals surface area contributed by atoms with E-state index >= 15 is 0 Å². The largest absolute Gasteiger partial charge is 0.241 e. The molecule has 0 amide bonds. The lowest BCUT2D eigenvalue weighted by atomic mass is 9.93. The number of aryl methyl sites for hydroxylation is 2. The molecule has 1 heterocycles. The van der Waals surface area contributed by atoms with Crippen LogP contribution in [-0.4, -0.2) is 9.78 Å². The summed E-state index contributed by atoms with van der Waals surface area (Å²) in [6, 6.07) is 8.59. The fourth-order valence-electron chi connectivity index (χ4n) is 1.95. The Morgan fingerprint density at radius 2 is 1.59 bits per heavy atom. The molecule has 0 aliphatic carbocycles. The molecule has 17 heavy (non-hydrogen) atoms. The first-order valence-electron chi connectivity index (χ1n) is 6.01. The minimum atomic E-state index is 0.101. The van der Waals surface area contributed by atoms with Crippen LogP contribution in [0.3, 0.4) is 0 Å². The average molecular weight is 228 g/mol. The number of rotatable bonds is 1. The van der Waals surface area contributed by atoms with Gasteiger partial charge in [0.15, 0.2) is 0 Å². The maximum atomic E-state index is 4.65.